The predicted molar refractivity (Wildman–Crippen MR) is 98.4 cm³/mol. The van der Waals surface area contributed by atoms with Gasteiger partial charge in [-0.15, -0.1) is 0 Å². The molecule has 0 saturated carbocycles. The van der Waals surface area contributed by atoms with Crippen molar-refractivity contribution in [3.63, 3.8) is 0 Å². The van der Waals surface area contributed by atoms with E-state index < -0.39 is 6.10 Å². The average molecular weight is 356 g/mol. The number of carbonyl (C=O) groups excluding carboxylic acids is 1. The third kappa shape index (κ3) is 5.47. The van der Waals surface area contributed by atoms with Gasteiger partial charge in [0.25, 0.3) is 0 Å². The minimum atomic E-state index is -0.571. The van der Waals surface area contributed by atoms with Crippen LogP contribution in [0, 0.1) is 0 Å². The molecule has 0 spiro atoms. The van der Waals surface area contributed by atoms with Gasteiger partial charge >= 0.3 is 6.09 Å². The Morgan fingerprint density at radius 1 is 0.923 bits per heavy atom. The van der Waals surface area contributed by atoms with Crippen LogP contribution in [-0.2, 0) is 0 Å². The molecule has 1 unspecified atom stereocenters. The van der Waals surface area contributed by atoms with Gasteiger partial charge in [-0.2, -0.15) is 0 Å². The molecule has 0 bridgehead atoms. The summed E-state index contributed by atoms with van der Waals surface area (Å²) in [7, 11) is 0. The molecule has 6 heteroatoms. The van der Waals surface area contributed by atoms with Crippen LogP contribution in [0.15, 0.2) is 60.7 Å². The fourth-order valence-corrected chi connectivity index (χ4v) is 2.83. The van der Waals surface area contributed by atoms with Gasteiger partial charge in [0.2, 0.25) is 0 Å². The molecule has 1 saturated heterocycles. The number of aliphatic hydroxyl groups excluding tert-OH is 1. The van der Waals surface area contributed by atoms with E-state index in [0.29, 0.717) is 38.5 Å². The summed E-state index contributed by atoms with van der Waals surface area (Å²) in [4.78, 5) is 16.0. The van der Waals surface area contributed by atoms with Gasteiger partial charge < -0.3 is 19.5 Å². The standard InChI is InChI=1S/C20H24N2O4/c23-17(16-25-18-7-3-1-4-8-18)15-21-11-13-22(14-12-21)20(24)26-19-9-5-2-6-10-19/h1-10,17,23H,11-16H2. The first kappa shape index (κ1) is 18.2. The first-order valence-electron chi connectivity index (χ1n) is 8.81. The Kier molecular flexibility index (Phi) is 6.46. The molecule has 26 heavy (non-hydrogen) atoms. The number of carbonyl (C=O) groups is 1. The van der Waals surface area contributed by atoms with Crippen LogP contribution in [0.2, 0.25) is 0 Å². The van der Waals surface area contributed by atoms with Gasteiger partial charge in [-0.1, -0.05) is 36.4 Å². The number of hydrogen-bond acceptors (Lipinski definition) is 5. The van der Waals surface area contributed by atoms with Crippen molar-refractivity contribution < 1.29 is 19.4 Å². The van der Waals surface area contributed by atoms with E-state index in [1.54, 1.807) is 17.0 Å². The van der Waals surface area contributed by atoms with E-state index in [4.69, 9.17) is 9.47 Å². The van der Waals surface area contributed by atoms with Crippen molar-refractivity contribution in [3.05, 3.63) is 60.7 Å². The van der Waals surface area contributed by atoms with Crippen molar-refractivity contribution in [2.45, 2.75) is 6.10 Å². The SMILES string of the molecule is O=C(Oc1ccccc1)N1CCN(CC(O)COc2ccccc2)CC1. The van der Waals surface area contributed by atoms with Gasteiger partial charge in [-0.25, -0.2) is 4.79 Å². The summed E-state index contributed by atoms with van der Waals surface area (Å²) < 4.78 is 10.9. The summed E-state index contributed by atoms with van der Waals surface area (Å²) in [6.07, 6.45) is -0.901. The number of ether oxygens (including phenoxy) is 2. The number of amides is 1. The van der Waals surface area contributed by atoms with Crippen molar-refractivity contribution in [1.82, 2.24) is 9.80 Å². The van der Waals surface area contributed by atoms with Crippen LogP contribution in [0.3, 0.4) is 0 Å². The molecule has 2 aromatic rings. The van der Waals surface area contributed by atoms with Crippen LogP contribution in [0.25, 0.3) is 0 Å². The summed E-state index contributed by atoms with van der Waals surface area (Å²) in [6, 6.07) is 18.5. The third-order valence-electron chi connectivity index (χ3n) is 4.23. The average Bonchev–Trinajstić information content (AvgIpc) is 2.68. The fourth-order valence-electron chi connectivity index (χ4n) is 2.83. The molecule has 1 atom stereocenters. The molecule has 0 aliphatic carbocycles. The molecule has 0 aromatic heterocycles. The van der Waals surface area contributed by atoms with E-state index >= 15 is 0 Å². The zero-order valence-electron chi connectivity index (χ0n) is 14.7. The summed E-state index contributed by atoms with van der Waals surface area (Å²) in [5.41, 5.74) is 0. The third-order valence-corrected chi connectivity index (χ3v) is 4.23. The molecule has 2 aromatic carbocycles. The monoisotopic (exact) mass is 356 g/mol. The van der Waals surface area contributed by atoms with Crippen LogP contribution in [-0.4, -0.2) is 66.4 Å². The van der Waals surface area contributed by atoms with Crippen molar-refractivity contribution >= 4 is 6.09 Å². The van der Waals surface area contributed by atoms with Crippen molar-refractivity contribution in [2.24, 2.45) is 0 Å². The second-order valence-electron chi connectivity index (χ2n) is 6.25. The van der Waals surface area contributed by atoms with E-state index in [0.717, 1.165) is 5.75 Å². The van der Waals surface area contributed by atoms with E-state index in [1.165, 1.54) is 0 Å². The summed E-state index contributed by atoms with van der Waals surface area (Å²) in [5.74, 6) is 1.30. The maximum atomic E-state index is 12.2. The lowest BCUT2D eigenvalue weighted by Gasteiger charge is -2.34. The van der Waals surface area contributed by atoms with E-state index in [9.17, 15) is 9.90 Å². The van der Waals surface area contributed by atoms with Crippen LogP contribution < -0.4 is 9.47 Å². The number of aliphatic hydroxyl groups is 1. The number of benzene rings is 2. The molecule has 1 fully saturated rings. The first-order chi connectivity index (χ1) is 12.7. The Morgan fingerprint density at radius 3 is 2.12 bits per heavy atom. The summed E-state index contributed by atoms with van der Waals surface area (Å²) >= 11 is 0. The predicted octanol–water partition coefficient (Wildman–Crippen LogP) is 2.24. The Hall–Kier alpha value is -2.57. The smallest absolute Gasteiger partial charge is 0.415 e. The molecular weight excluding hydrogens is 332 g/mol. The minimum Gasteiger partial charge on any atom is -0.491 e. The van der Waals surface area contributed by atoms with E-state index in [1.807, 2.05) is 48.5 Å². The van der Waals surface area contributed by atoms with Gasteiger partial charge in [0, 0.05) is 32.7 Å². The second-order valence-corrected chi connectivity index (χ2v) is 6.25. The molecule has 1 heterocycles. The topological polar surface area (TPSA) is 62.2 Å². The molecule has 1 aliphatic heterocycles. The van der Waals surface area contributed by atoms with Crippen molar-refractivity contribution in [3.8, 4) is 11.5 Å². The Balaban J connectivity index is 1.37. The largest absolute Gasteiger partial charge is 0.491 e. The van der Waals surface area contributed by atoms with E-state index in [-0.39, 0.29) is 12.7 Å². The molecule has 1 N–H and O–H groups in total. The zero-order valence-corrected chi connectivity index (χ0v) is 14.7. The van der Waals surface area contributed by atoms with Crippen molar-refractivity contribution in [1.29, 1.82) is 0 Å². The maximum Gasteiger partial charge on any atom is 0.415 e. The molecule has 3 rings (SSSR count). The Morgan fingerprint density at radius 2 is 1.50 bits per heavy atom. The number of piperazine rings is 1. The fraction of sp³-hybridized carbons (Fsp3) is 0.350. The highest BCUT2D eigenvalue weighted by Gasteiger charge is 2.24. The van der Waals surface area contributed by atoms with Crippen LogP contribution in [0.5, 0.6) is 11.5 Å². The number of hydrogen-bond donors (Lipinski definition) is 1. The highest BCUT2D eigenvalue weighted by molar-refractivity contribution is 5.70. The number of β-amino-alcohol motifs (C(OH)–C–C–N with tert-alkyl or cyclic N) is 1. The van der Waals surface area contributed by atoms with Crippen LogP contribution >= 0.6 is 0 Å². The number of rotatable bonds is 6. The highest BCUT2D eigenvalue weighted by Crippen LogP contribution is 2.12. The second kappa shape index (κ2) is 9.22. The molecule has 1 amide bonds. The zero-order chi connectivity index (χ0) is 18.2. The molecule has 0 radical (unpaired) electrons. The van der Waals surface area contributed by atoms with Gasteiger partial charge in [-0.05, 0) is 24.3 Å². The number of para-hydroxylation sites is 2. The maximum absolute atomic E-state index is 12.2. The lowest BCUT2D eigenvalue weighted by Crippen LogP contribution is -2.51. The highest BCUT2D eigenvalue weighted by atomic mass is 16.6. The molecule has 138 valence electrons. The quantitative estimate of drug-likeness (QED) is 0.860. The molecule has 6 nitrogen and oxygen atoms in total. The Labute approximate surface area is 153 Å². The van der Waals surface area contributed by atoms with Crippen LogP contribution in [0.1, 0.15) is 0 Å². The van der Waals surface area contributed by atoms with Gasteiger partial charge in [0.15, 0.2) is 0 Å². The lowest BCUT2D eigenvalue weighted by molar-refractivity contribution is 0.0474. The van der Waals surface area contributed by atoms with Gasteiger partial charge in [0.05, 0.1) is 0 Å². The number of nitrogens with zero attached hydrogens (tertiary/aromatic N) is 2. The summed E-state index contributed by atoms with van der Waals surface area (Å²) in [6.45, 7) is 3.34. The Bertz CT molecular complexity index is 673. The minimum absolute atomic E-state index is 0.250. The lowest BCUT2D eigenvalue weighted by atomic mass is 10.2. The summed E-state index contributed by atoms with van der Waals surface area (Å²) in [5, 5.41) is 10.2. The molecule has 1 aliphatic rings. The van der Waals surface area contributed by atoms with Gasteiger partial charge in [0.1, 0.15) is 24.2 Å². The normalized spacial score (nSPS) is 16.1. The van der Waals surface area contributed by atoms with Crippen LogP contribution in [0.4, 0.5) is 4.79 Å². The van der Waals surface area contributed by atoms with Crippen molar-refractivity contribution in [2.75, 3.05) is 39.3 Å². The van der Waals surface area contributed by atoms with Gasteiger partial charge in [-0.3, -0.25) is 4.90 Å². The first-order valence-corrected chi connectivity index (χ1v) is 8.81. The van der Waals surface area contributed by atoms with E-state index in [2.05, 4.69) is 4.90 Å². The molecular formula is C20H24N2O4.